The number of amides is 1. The number of hydrogen-bond acceptors (Lipinski definition) is 3. The molecule has 0 saturated carbocycles. The molecule has 7 heteroatoms. The van der Waals surface area contributed by atoms with E-state index in [0.717, 1.165) is 19.4 Å². The number of nitrogens with zero attached hydrogens (tertiary/aromatic N) is 1. The summed E-state index contributed by atoms with van der Waals surface area (Å²) in [5.74, 6) is 0.175. The first-order valence-corrected chi connectivity index (χ1v) is 19.1. The molecule has 0 fully saturated rings. The highest BCUT2D eigenvalue weighted by Crippen LogP contribution is 2.32. The molecular formula is C16H43N3OSi3. The Kier molecular flexibility index (Phi) is 9.83. The van der Waals surface area contributed by atoms with Crippen LogP contribution >= 0.6 is 0 Å². The minimum atomic E-state index is -1.34. The van der Waals surface area contributed by atoms with Crippen LogP contribution in [0.3, 0.4) is 0 Å². The fraction of sp³-hybridized carbons (Fsp3) is 0.938. The van der Waals surface area contributed by atoms with E-state index in [-0.39, 0.29) is 10.7 Å². The number of rotatable bonds is 6. The molecule has 0 unspecified atom stereocenters. The van der Waals surface area contributed by atoms with Gasteiger partial charge in [0.2, 0.25) is 5.91 Å². The molecule has 140 valence electrons. The fourth-order valence-electron chi connectivity index (χ4n) is 2.73. The highest BCUT2D eigenvalue weighted by Gasteiger charge is 2.48. The second kappa shape index (κ2) is 8.94. The lowest BCUT2D eigenvalue weighted by atomic mass is 10.3. The molecule has 0 atom stereocenters. The van der Waals surface area contributed by atoms with E-state index >= 15 is 0 Å². The van der Waals surface area contributed by atoms with Crippen LogP contribution in [0, 0.1) is 0 Å². The van der Waals surface area contributed by atoms with Gasteiger partial charge in [-0.3, -0.25) is 4.79 Å². The number of carbonyl (C=O) groups excluding carboxylic acids is 1. The Balaban J connectivity index is 0. The molecule has 0 rings (SSSR count). The Morgan fingerprint density at radius 1 is 0.957 bits per heavy atom. The zero-order valence-electron chi connectivity index (χ0n) is 17.6. The molecule has 0 aliphatic carbocycles. The van der Waals surface area contributed by atoms with Crippen LogP contribution in [0.1, 0.15) is 19.8 Å². The van der Waals surface area contributed by atoms with Crippen molar-refractivity contribution in [1.29, 1.82) is 0 Å². The molecule has 0 spiro atoms. The molecule has 0 saturated heterocycles. The Hall–Kier alpha value is 0.0406. The molecule has 0 radical (unpaired) electrons. The van der Waals surface area contributed by atoms with E-state index in [9.17, 15) is 4.79 Å². The summed E-state index contributed by atoms with van der Waals surface area (Å²) in [6.45, 7) is 23.2. The van der Waals surface area contributed by atoms with Gasteiger partial charge in [0.05, 0.1) is 16.1 Å². The summed E-state index contributed by atoms with van der Waals surface area (Å²) >= 11 is 0. The van der Waals surface area contributed by atoms with Crippen LogP contribution in [0.5, 0.6) is 0 Å². The largest absolute Gasteiger partial charge is 0.373 e. The molecule has 23 heavy (non-hydrogen) atoms. The summed E-state index contributed by atoms with van der Waals surface area (Å²) in [5.41, 5.74) is 12.3. The topological polar surface area (TPSA) is 72.3 Å². The van der Waals surface area contributed by atoms with E-state index in [1.807, 2.05) is 11.6 Å². The lowest BCUT2D eigenvalue weighted by Gasteiger charge is -2.49. The van der Waals surface area contributed by atoms with E-state index < -0.39 is 24.4 Å². The van der Waals surface area contributed by atoms with Gasteiger partial charge in [-0.25, -0.2) is 0 Å². The molecule has 4 N–H and O–H groups in total. The summed E-state index contributed by atoms with van der Waals surface area (Å²) in [6, 6.07) is 0. The number of carbonyl (C=O) groups is 1. The monoisotopic (exact) mass is 377 g/mol. The van der Waals surface area contributed by atoms with Gasteiger partial charge >= 0.3 is 0 Å². The predicted molar refractivity (Wildman–Crippen MR) is 114 cm³/mol. The van der Waals surface area contributed by atoms with Crippen LogP contribution in [-0.2, 0) is 4.79 Å². The zero-order chi connectivity index (χ0) is 19.3. The maximum absolute atomic E-state index is 10.8. The van der Waals surface area contributed by atoms with Crippen molar-refractivity contribution < 1.29 is 4.79 Å². The van der Waals surface area contributed by atoms with Crippen molar-refractivity contribution in [3.8, 4) is 0 Å². The number of nitrogens with two attached hydrogens (primary N) is 2. The second-order valence-corrected chi connectivity index (χ2v) is 25.9. The Morgan fingerprint density at radius 2 is 1.30 bits per heavy atom. The lowest BCUT2D eigenvalue weighted by Crippen LogP contribution is -2.72. The van der Waals surface area contributed by atoms with Crippen molar-refractivity contribution in [1.82, 2.24) is 4.57 Å². The van der Waals surface area contributed by atoms with Crippen molar-refractivity contribution in [2.24, 2.45) is 11.5 Å². The smallest absolute Gasteiger partial charge is 0.211 e. The van der Waals surface area contributed by atoms with Gasteiger partial charge in [0.1, 0.15) is 0 Å². The fourth-order valence-corrected chi connectivity index (χ4v) is 14.5. The molecule has 4 nitrogen and oxygen atoms in total. The normalized spacial score (nSPS) is 13.3. The van der Waals surface area contributed by atoms with Gasteiger partial charge in [0.15, 0.2) is 8.24 Å². The van der Waals surface area contributed by atoms with Crippen molar-refractivity contribution >= 4 is 30.3 Å². The summed E-state index contributed by atoms with van der Waals surface area (Å²) < 4.78 is 1.85. The predicted octanol–water partition coefficient (Wildman–Crippen LogP) is 3.48. The molecule has 0 aromatic carbocycles. The molecule has 0 heterocycles. The summed E-state index contributed by atoms with van der Waals surface area (Å²) in [4.78, 5) is 10.9. The molecule has 1 amide bonds. The van der Waals surface area contributed by atoms with Crippen molar-refractivity contribution in [2.45, 2.75) is 83.5 Å². The third kappa shape index (κ3) is 8.11. The molecule has 0 aliphatic rings. The number of hydrogen-bond donors (Lipinski definition) is 2. The first-order valence-electron chi connectivity index (χ1n) is 8.65. The van der Waals surface area contributed by atoms with E-state index in [1.54, 1.807) is 6.92 Å². The van der Waals surface area contributed by atoms with Gasteiger partial charge < -0.3 is 16.0 Å². The first kappa shape index (κ1) is 25.3. The molecular weight excluding hydrogens is 334 g/mol. The Labute approximate surface area is 148 Å². The van der Waals surface area contributed by atoms with Crippen LogP contribution in [0.2, 0.25) is 58.9 Å². The van der Waals surface area contributed by atoms with Crippen LogP contribution in [-0.4, -0.2) is 53.2 Å². The highest BCUT2D eigenvalue weighted by molar-refractivity contribution is 6.98. The highest BCUT2D eigenvalue weighted by atomic mass is 28.4. The first-order chi connectivity index (χ1) is 9.91. The standard InChI is InChI=1S/C10H28N2Si2.C6H15NOSi/c1-13(2,3)10(12,8-7-9-11)14(4,5)6;1-6(8)7(2)9(3,4)5/h7-9,11-12H2,1-6H3;1-5H3. The van der Waals surface area contributed by atoms with E-state index in [4.69, 9.17) is 11.5 Å². The van der Waals surface area contributed by atoms with E-state index in [0.29, 0.717) is 0 Å². The van der Waals surface area contributed by atoms with Crippen LogP contribution in [0.15, 0.2) is 0 Å². The van der Waals surface area contributed by atoms with Gasteiger partial charge in [-0.05, 0) is 19.4 Å². The SMILES string of the molecule is CC(=O)N(C)[Si](C)(C)C.C[Si](C)(C)C(N)(CCCN)[Si](C)(C)C. The summed E-state index contributed by atoms with van der Waals surface area (Å²) in [5, 5.41) is 0. The van der Waals surface area contributed by atoms with Gasteiger partial charge in [0, 0.05) is 18.8 Å². The second-order valence-electron chi connectivity index (χ2n) is 9.61. The molecule has 0 aliphatic heterocycles. The van der Waals surface area contributed by atoms with Gasteiger partial charge in [0.25, 0.3) is 0 Å². The van der Waals surface area contributed by atoms with E-state index in [1.165, 1.54) is 0 Å². The third-order valence-corrected chi connectivity index (χ3v) is 17.6. The summed E-state index contributed by atoms with van der Waals surface area (Å²) in [6.07, 6.45) is 2.19. The minimum Gasteiger partial charge on any atom is -0.373 e. The quantitative estimate of drug-likeness (QED) is 0.696. The zero-order valence-corrected chi connectivity index (χ0v) is 20.6. The Bertz CT molecular complexity index is 354. The lowest BCUT2D eigenvalue weighted by molar-refractivity contribution is -0.123. The van der Waals surface area contributed by atoms with Crippen LogP contribution in [0.4, 0.5) is 0 Å². The Morgan fingerprint density at radius 3 is 1.43 bits per heavy atom. The van der Waals surface area contributed by atoms with Gasteiger partial charge in [-0.15, -0.1) is 0 Å². The maximum atomic E-state index is 10.8. The van der Waals surface area contributed by atoms with Crippen molar-refractivity contribution in [3.63, 3.8) is 0 Å². The minimum absolute atomic E-state index is 0.124. The van der Waals surface area contributed by atoms with Crippen LogP contribution in [0.25, 0.3) is 0 Å². The van der Waals surface area contributed by atoms with Gasteiger partial charge in [-0.1, -0.05) is 58.9 Å². The van der Waals surface area contributed by atoms with Crippen LogP contribution < -0.4 is 11.5 Å². The average Bonchev–Trinajstić information content (AvgIpc) is 2.31. The maximum Gasteiger partial charge on any atom is 0.211 e. The molecule has 0 bridgehead atoms. The third-order valence-electron chi connectivity index (χ3n) is 4.93. The van der Waals surface area contributed by atoms with E-state index in [2.05, 4.69) is 58.9 Å². The molecule has 0 aromatic rings. The van der Waals surface area contributed by atoms with Crippen molar-refractivity contribution in [2.75, 3.05) is 13.6 Å². The summed E-state index contributed by atoms with van der Waals surface area (Å²) in [7, 11) is -2.07. The van der Waals surface area contributed by atoms with Gasteiger partial charge in [-0.2, -0.15) is 0 Å². The molecule has 0 aromatic heterocycles. The van der Waals surface area contributed by atoms with Crippen molar-refractivity contribution in [3.05, 3.63) is 0 Å². The average molecular weight is 378 g/mol.